The van der Waals surface area contributed by atoms with Crippen LogP contribution in [0.25, 0.3) is 6.08 Å². The molecule has 2 rings (SSSR count). The third-order valence-corrected chi connectivity index (χ3v) is 4.46. The smallest absolute Gasteiger partial charge is 0.478 e. The van der Waals surface area contributed by atoms with Crippen molar-refractivity contribution in [2.75, 3.05) is 6.54 Å². The number of nitrogens with one attached hydrogen (secondary N) is 1. The number of carbonyl (C=O) groups is 2. The van der Waals surface area contributed by atoms with Gasteiger partial charge in [0, 0.05) is 19.7 Å². The number of nitrogens with zero attached hydrogens (tertiary/aromatic N) is 1. The average Bonchev–Trinajstić information content (AvgIpc) is 2.72. The molecule has 134 valence electrons. The number of hydrogen-bond donors (Lipinski definition) is 2. The number of pyridine rings is 1. The maximum absolute atomic E-state index is 11.3. The Morgan fingerprint density at radius 2 is 1.84 bits per heavy atom. The Bertz CT molecular complexity index is 681. The van der Waals surface area contributed by atoms with Crippen molar-refractivity contribution in [2.24, 2.45) is 0 Å². The second kappa shape index (κ2) is 6.97. The zero-order chi connectivity index (χ0) is 18.8. The van der Waals surface area contributed by atoms with Crippen LogP contribution in [0.3, 0.4) is 0 Å². The summed E-state index contributed by atoms with van der Waals surface area (Å²) in [5, 5.41) is 11.7. The fourth-order valence-corrected chi connectivity index (χ4v) is 2.23. The summed E-state index contributed by atoms with van der Waals surface area (Å²) in [6.07, 6.45) is 3.03. The Morgan fingerprint density at radius 3 is 2.28 bits per heavy atom. The van der Waals surface area contributed by atoms with Crippen LogP contribution in [-0.4, -0.2) is 46.8 Å². The molecule has 25 heavy (non-hydrogen) atoms. The fraction of sp³-hybridized carbons (Fsp3) is 0.471. The Kier molecular flexibility index (Phi) is 5.34. The summed E-state index contributed by atoms with van der Waals surface area (Å²) in [5.74, 6) is -1.20. The lowest BCUT2D eigenvalue weighted by atomic mass is 9.77. The van der Waals surface area contributed by atoms with Gasteiger partial charge in [-0.3, -0.25) is 9.78 Å². The first-order valence-corrected chi connectivity index (χ1v) is 8.02. The molecule has 0 saturated carbocycles. The summed E-state index contributed by atoms with van der Waals surface area (Å²) in [7, 11) is -0.627. The highest BCUT2D eigenvalue weighted by Gasteiger charge is 2.52. The molecule has 1 fully saturated rings. The van der Waals surface area contributed by atoms with E-state index in [2.05, 4.69) is 10.3 Å². The van der Waals surface area contributed by atoms with E-state index in [4.69, 9.17) is 14.4 Å². The van der Waals surface area contributed by atoms with Crippen molar-refractivity contribution in [1.82, 2.24) is 10.3 Å². The second-order valence-corrected chi connectivity index (χ2v) is 6.99. The molecule has 0 radical (unpaired) electrons. The highest BCUT2D eigenvalue weighted by Crippen LogP contribution is 2.38. The van der Waals surface area contributed by atoms with Crippen molar-refractivity contribution in [1.29, 1.82) is 0 Å². The van der Waals surface area contributed by atoms with E-state index >= 15 is 0 Å². The van der Waals surface area contributed by atoms with E-state index in [1.165, 1.54) is 19.2 Å². The van der Waals surface area contributed by atoms with Gasteiger partial charge in [0.05, 0.1) is 22.5 Å². The first-order chi connectivity index (χ1) is 11.5. The van der Waals surface area contributed by atoms with Crippen molar-refractivity contribution in [3.05, 3.63) is 35.1 Å². The van der Waals surface area contributed by atoms with Crippen LogP contribution in [0, 0.1) is 0 Å². The van der Waals surface area contributed by atoms with E-state index < -0.39 is 24.3 Å². The predicted molar refractivity (Wildman–Crippen MR) is 93.9 cm³/mol. The Morgan fingerprint density at radius 1 is 1.24 bits per heavy atom. The molecule has 1 amide bonds. The van der Waals surface area contributed by atoms with Gasteiger partial charge in [-0.2, -0.15) is 0 Å². The highest BCUT2D eigenvalue weighted by atomic mass is 16.7. The summed E-state index contributed by atoms with van der Waals surface area (Å²) in [6, 6.07) is 3.07. The Hall–Kier alpha value is -2.19. The van der Waals surface area contributed by atoms with Crippen LogP contribution in [0.1, 0.15) is 50.7 Å². The molecule has 0 aliphatic carbocycles. The van der Waals surface area contributed by atoms with Crippen LogP contribution in [0.4, 0.5) is 0 Å². The summed E-state index contributed by atoms with van der Waals surface area (Å²) >= 11 is 0. The van der Waals surface area contributed by atoms with Crippen LogP contribution in [0.5, 0.6) is 0 Å². The van der Waals surface area contributed by atoms with Crippen molar-refractivity contribution in [3.63, 3.8) is 0 Å². The van der Waals surface area contributed by atoms with Crippen LogP contribution < -0.4 is 5.32 Å². The minimum absolute atomic E-state index is 0.108. The number of carboxylic acids is 1. The van der Waals surface area contributed by atoms with Crippen LogP contribution >= 0.6 is 0 Å². The lowest BCUT2D eigenvalue weighted by Crippen LogP contribution is -2.41. The van der Waals surface area contributed by atoms with Gasteiger partial charge in [0.15, 0.2) is 0 Å². The van der Waals surface area contributed by atoms with Crippen LogP contribution in [-0.2, 0) is 14.1 Å². The first kappa shape index (κ1) is 19.1. The zero-order valence-electron chi connectivity index (χ0n) is 15.1. The minimum Gasteiger partial charge on any atom is -0.478 e. The maximum atomic E-state index is 11.3. The molecule has 0 aromatic carbocycles. The third kappa shape index (κ3) is 4.46. The summed E-state index contributed by atoms with van der Waals surface area (Å²) in [4.78, 5) is 26.3. The molecule has 2 heterocycles. The quantitative estimate of drug-likeness (QED) is 0.791. The van der Waals surface area contributed by atoms with Gasteiger partial charge in [0.1, 0.15) is 0 Å². The standard InChI is InChI=1S/C17H23BN2O5/c1-11(21)19-10-13(18-24-16(2,3)17(4,5)25-18)8-14-7-6-12(9-20-14)15(22)23/h6-9H,10H2,1-5H3,(H,19,21)(H,22,23). The molecule has 1 aromatic rings. The number of aromatic carboxylic acids is 1. The van der Waals surface area contributed by atoms with E-state index in [1.807, 2.05) is 27.7 Å². The molecular weight excluding hydrogens is 323 g/mol. The van der Waals surface area contributed by atoms with Crippen molar-refractivity contribution < 1.29 is 24.0 Å². The van der Waals surface area contributed by atoms with Gasteiger partial charge >= 0.3 is 13.1 Å². The van der Waals surface area contributed by atoms with E-state index in [0.29, 0.717) is 11.2 Å². The SMILES string of the molecule is CC(=O)NCC(=Cc1ccc(C(=O)O)cn1)B1OC(C)(C)C(C)(C)O1. The first-order valence-electron chi connectivity index (χ1n) is 8.02. The van der Waals surface area contributed by atoms with Gasteiger partial charge in [0.25, 0.3) is 0 Å². The molecule has 1 saturated heterocycles. The zero-order valence-corrected chi connectivity index (χ0v) is 15.1. The van der Waals surface area contributed by atoms with E-state index in [-0.39, 0.29) is 18.0 Å². The lowest BCUT2D eigenvalue weighted by molar-refractivity contribution is -0.118. The second-order valence-electron chi connectivity index (χ2n) is 6.99. The van der Waals surface area contributed by atoms with Gasteiger partial charge < -0.3 is 19.7 Å². The number of rotatable bonds is 5. The average molecular weight is 346 g/mol. The van der Waals surface area contributed by atoms with Gasteiger partial charge in [0.2, 0.25) is 5.91 Å². The molecule has 8 heteroatoms. The molecule has 0 atom stereocenters. The van der Waals surface area contributed by atoms with Gasteiger partial charge in [-0.05, 0) is 51.4 Å². The topological polar surface area (TPSA) is 97.8 Å². The summed E-state index contributed by atoms with van der Waals surface area (Å²) < 4.78 is 12.1. The van der Waals surface area contributed by atoms with Crippen molar-refractivity contribution in [3.8, 4) is 0 Å². The predicted octanol–water partition coefficient (Wildman–Crippen LogP) is 1.93. The molecule has 1 aliphatic rings. The van der Waals surface area contributed by atoms with E-state index in [9.17, 15) is 9.59 Å². The number of carboxylic acid groups (broad SMARTS) is 1. The molecule has 1 aromatic heterocycles. The summed E-state index contributed by atoms with van der Waals surface area (Å²) in [6.45, 7) is 9.47. The van der Waals surface area contributed by atoms with Crippen molar-refractivity contribution in [2.45, 2.75) is 45.8 Å². The molecule has 7 nitrogen and oxygen atoms in total. The van der Waals surface area contributed by atoms with Gasteiger partial charge in [-0.15, -0.1) is 0 Å². The van der Waals surface area contributed by atoms with Crippen molar-refractivity contribution >= 4 is 25.1 Å². The molecule has 0 unspecified atom stereocenters. The number of hydrogen-bond acceptors (Lipinski definition) is 5. The third-order valence-electron chi connectivity index (χ3n) is 4.46. The largest absolute Gasteiger partial charge is 0.492 e. The highest BCUT2D eigenvalue weighted by molar-refractivity contribution is 6.56. The molecule has 0 spiro atoms. The molecular formula is C17H23BN2O5. The minimum atomic E-state index is -1.03. The van der Waals surface area contributed by atoms with Crippen LogP contribution in [0.2, 0.25) is 0 Å². The number of amides is 1. The van der Waals surface area contributed by atoms with Gasteiger partial charge in [-0.1, -0.05) is 0 Å². The number of carbonyl (C=O) groups excluding carboxylic acids is 1. The maximum Gasteiger partial charge on any atom is 0.492 e. The molecule has 0 bridgehead atoms. The normalized spacial score (nSPS) is 18.9. The van der Waals surface area contributed by atoms with Crippen LogP contribution in [0.15, 0.2) is 23.8 Å². The van der Waals surface area contributed by atoms with E-state index in [1.54, 1.807) is 12.1 Å². The van der Waals surface area contributed by atoms with Gasteiger partial charge in [-0.25, -0.2) is 4.79 Å². The molecule has 1 aliphatic heterocycles. The van der Waals surface area contributed by atoms with E-state index in [0.717, 1.165) is 0 Å². The number of aromatic nitrogens is 1. The monoisotopic (exact) mass is 346 g/mol. The Balaban J connectivity index is 2.29. The lowest BCUT2D eigenvalue weighted by Gasteiger charge is -2.32. The summed E-state index contributed by atoms with van der Waals surface area (Å²) in [5.41, 5.74) is 0.349. The molecule has 2 N–H and O–H groups in total. The fourth-order valence-electron chi connectivity index (χ4n) is 2.23. The Labute approximate surface area is 147 Å².